The van der Waals surface area contributed by atoms with Gasteiger partial charge in [0.25, 0.3) is 0 Å². The van der Waals surface area contributed by atoms with Crippen LogP contribution in [-0.4, -0.2) is 36.5 Å². The minimum Gasteiger partial charge on any atom is -0.497 e. The first-order valence-corrected chi connectivity index (χ1v) is 12.1. The lowest BCUT2D eigenvalue weighted by molar-refractivity contribution is 0.132. The van der Waals surface area contributed by atoms with Crippen molar-refractivity contribution in [3.8, 4) is 11.4 Å². The second-order valence-electron chi connectivity index (χ2n) is 7.23. The molecule has 2 aromatic heterocycles. The van der Waals surface area contributed by atoms with Crippen LogP contribution in [0.4, 0.5) is 0 Å². The lowest BCUT2D eigenvalue weighted by Crippen LogP contribution is -2.12. The van der Waals surface area contributed by atoms with Gasteiger partial charge in [-0.3, -0.25) is 0 Å². The van der Waals surface area contributed by atoms with Crippen molar-refractivity contribution in [2.75, 3.05) is 7.11 Å². The van der Waals surface area contributed by atoms with Gasteiger partial charge in [0.15, 0.2) is 5.03 Å². The van der Waals surface area contributed by atoms with E-state index in [1.165, 1.54) is 30.1 Å². The summed E-state index contributed by atoms with van der Waals surface area (Å²) in [4.78, 5) is 9.47. The van der Waals surface area contributed by atoms with Crippen LogP contribution in [0.25, 0.3) is 5.69 Å². The molecule has 10 heteroatoms. The molecule has 0 aliphatic rings. The SMILES string of the molecule is COc1ccc(S(=O)(=O)c2c(/C=N/OCc3ccc(Cl)nc3)c(C)nn2-c2ccccc2)cc1. The first-order valence-electron chi connectivity index (χ1n) is 10.2. The molecule has 8 nitrogen and oxygen atoms in total. The number of rotatable bonds is 8. The molecule has 0 fully saturated rings. The van der Waals surface area contributed by atoms with Gasteiger partial charge in [-0.25, -0.2) is 18.1 Å². The summed E-state index contributed by atoms with van der Waals surface area (Å²) in [6.07, 6.45) is 2.94. The van der Waals surface area contributed by atoms with Gasteiger partial charge in [-0.2, -0.15) is 5.10 Å². The number of oxime groups is 1. The monoisotopic (exact) mass is 496 g/mol. The van der Waals surface area contributed by atoms with Gasteiger partial charge in [0.2, 0.25) is 9.84 Å². The number of aromatic nitrogens is 3. The largest absolute Gasteiger partial charge is 0.497 e. The average molecular weight is 497 g/mol. The third-order valence-corrected chi connectivity index (χ3v) is 6.98. The standard InChI is InChI=1S/C24H21ClN4O4S/c1-17-22(15-27-33-16-18-8-13-23(25)26-14-18)24(29(28-17)19-6-4-3-5-7-19)34(30,31)21-11-9-20(32-2)10-12-21/h3-15H,16H2,1-2H3/b27-15+. The number of benzene rings is 2. The van der Waals surface area contributed by atoms with Crippen molar-refractivity contribution in [3.05, 3.63) is 94.9 Å². The van der Waals surface area contributed by atoms with Gasteiger partial charge >= 0.3 is 0 Å². The fraction of sp³-hybridized carbons (Fsp3) is 0.125. The maximum atomic E-state index is 13.7. The molecule has 4 rings (SSSR count). The summed E-state index contributed by atoms with van der Waals surface area (Å²) < 4.78 is 34.0. The second kappa shape index (κ2) is 10.1. The van der Waals surface area contributed by atoms with E-state index in [9.17, 15) is 8.42 Å². The minimum absolute atomic E-state index is 0.0122. The molecule has 0 unspecified atom stereocenters. The van der Waals surface area contributed by atoms with Gasteiger partial charge in [0.1, 0.15) is 17.5 Å². The molecule has 0 bridgehead atoms. The van der Waals surface area contributed by atoms with Crippen molar-refractivity contribution in [2.24, 2.45) is 5.16 Å². The Bertz CT molecular complexity index is 1400. The first kappa shape index (κ1) is 23.5. The normalized spacial score (nSPS) is 11.6. The number of aryl methyl sites for hydroxylation is 1. The van der Waals surface area contributed by atoms with Crippen molar-refractivity contribution in [2.45, 2.75) is 23.5 Å². The molecular formula is C24H21ClN4O4S. The molecule has 174 valence electrons. The highest BCUT2D eigenvalue weighted by atomic mass is 35.5. The summed E-state index contributed by atoms with van der Waals surface area (Å²) in [6, 6.07) is 18.6. The number of hydrogen-bond acceptors (Lipinski definition) is 7. The summed E-state index contributed by atoms with van der Waals surface area (Å²) in [5.74, 6) is 0.554. The summed E-state index contributed by atoms with van der Waals surface area (Å²) >= 11 is 5.80. The summed E-state index contributed by atoms with van der Waals surface area (Å²) in [5.41, 5.74) is 2.18. The quantitative estimate of drug-likeness (QED) is 0.200. The van der Waals surface area contributed by atoms with Crippen molar-refractivity contribution in [1.82, 2.24) is 14.8 Å². The maximum absolute atomic E-state index is 13.7. The van der Waals surface area contributed by atoms with Crippen LogP contribution in [0, 0.1) is 6.92 Å². The Morgan fingerprint density at radius 1 is 1.06 bits per heavy atom. The van der Waals surface area contributed by atoms with Crippen LogP contribution >= 0.6 is 11.6 Å². The Balaban J connectivity index is 1.74. The maximum Gasteiger partial charge on any atom is 0.224 e. The molecule has 0 radical (unpaired) electrons. The Hall–Kier alpha value is -3.69. The highest BCUT2D eigenvalue weighted by Gasteiger charge is 2.29. The number of nitrogens with zero attached hydrogens (tertiary/aromatic N) is 4. The van der Waals surface area contributed by atoms with E-state index in [2.05, 4.69) is 15.2 Å². The molecule has 2 heterocycles. The Labute approximate surface area is 202 Å². The van der Waals surface area contributed by atoms with E-state index in [0.717, 1.165) is 5.56 Å². The number of sulfone groups is 1. The molecule has 0 amide bonds. The second-order valence-corrected chi connectivity index (χ2v) is 9.48. The highest BCUT2D eigenvalue weighted by Crippen LogP contribution is 2.29. The number of para-hydroxylation sites is 1. The number of methoxy groups -OCH3 is 1. The van der Waals surface area contributed by atoms with Gasteiger partial charge in [0, 0.05) is 11.8 Å². The summed E-state index contributed by atoms with van der Waals surface area (Å²) in [5, 5.41) is 8.86. The number of halogens is 1. The first-order chi connectivity index (χ1) is 16.4. The molecular weight excluding hydrogens is 476 g/mol. The smallest absolute Gasteiger partial charge is 0.224 e. The van der Waals surface area contributed by atoms with Gasteiger partial charge in [-0.05, 0) is 49.4 Å². The van der Waals surface area contributed by atoms with Crippen molar-refractivity contribution >= 4 is 27.7 Å². The Kier molecular flexibility index (Phi) is 6.95. The molecule has 4 aromatic rings. The van der Waals surface area contributed by atoms with Gasteiger partial charge in [-0.15, -0.1) is 0 Å². The lowest BCUT2D eigenvalue weighted by Gasteiger charge is -2.10. The van der Waals surface area contributed by atoms with E-state index >= 15 is 0 Å². The molecule has 0 spiro atoms. The highest BCUT2D eigenvalue weighted by molar-refractivity contribution is 7.91. The number of hydrogen-bond donors (Lipinski definition) is 0. The van der Waals surface area contributed by atoms with Crippen LogP contribution in [0.1, 0.15) is 16.8 Å². The molecule has 0 saturated carbocycles. The fourth-order valence-electron chi connectivity index (χ4n) is 3.23. The zero-order chi connectivity index (χ0) is 24.1. The third kappa shape index (κ3) is 4.95. The fourth-order valence-corrected chi connectivity index (χ4v) is 4.92. The van der Waals surface area contributed by atoms with Gasteiger partial charge in [-0.1, -0.05) is 41.0 Å². The van der Waals surface area contributed by atoms with E-state index in [4.69, 9.17) is 21.2 Å². The van der Waals surface area contributed by atoms with Crippen LogP contribution in [0.15, 0.2) is 88.0 Å². The van der Waals surface area contributed by atoms with Crippen molar-refractivity contribution in [3.63, 3.8) is 0 Å². The number of pyridine rings is 1. The molecule has 2 aromatic carbocycles. The van der Waals surface area contributed by atoms with E-state index in [1.54, 1.807) is 49.5 Å². The van der Waals surface area contributed by atoms with Crippen molar-refractivity contribution in [1.29, 1.82) is 0 Å². The zero-order valence-electron chi connectivity index (χ0n) is 18.4. The van der Waals surface area contributed by atoms with Crippen LogP contribution < -0.4 is 4.74 Å². The van der Waals surface area contributed by atoms with Crippen LogP contribution in [0.5, 0.6) is 5.75 Å². The van der Waals surface area contributed by atoms with Crippen LogP contribution in [0.2, 0.25) is 5.15 Å². The van der Waals surface area contributed by atoms with E-state index in [-0.39, 0.29) is 16.5 Å². The summed E-state index contributed by atoms with van der Waals surface area (Å²) in [6.45, 7) is 1.87. The Morgan fingerprint density at radius 2 is 1.79 bits per heavy atom. The Morgan fingerprint density at radius 3 is 2.44 bits per heavy atom. The number of ether oxygens (including phenoxy) is 1. The third-order valence-electron chi connectivity index (χ3n) is 4.96. The predicted molar refractivity (Wildman–Crippen MR) is 128 cm³/mol. The van der Waals surface area contributed by atoms with E-state index in [0.29, 0.717) is 27.8 Å². The minimum atomic E-state index is -3.97. The van der Waals surface area contributed by atoms with E-state index < -0.39 is 9.84 Å². The molecule has 0 saturated heterocycles. The average Bonchev–Trinajstić information content (AvgIpc) is 3.20. The van der Waals surface area contributed by atoms with Gasteiger partial charge < -0.3 is 9.57 Å². The molecule has 34 heavy (non-hydrogen) atoms. The molecule has 0 aliphatic carbocycles. The van der Waals surface area contributed by atoms with Crippen molar-refractivity contribution < 1.29 is 18.0 Å². The molecule has 0 aliphatic heterocycles. The topological polar surface area (TPSA) is 95.7 Å². The summed E-state index contributed by atoms with van der Waals surface area (Å²) in [7, 11) is -2.45. The van der Waals surface area contributed by atoms with Crippen LogP contribution in [-0.2, 0) is 21.3 Å². The molecule has 0 N–H and O–H groups in total. The zero-order valence-corrected chi connectivity index (χ0v) is 20.0. The lowest BCUT2D eigenvalue weighted by atomic mass is 10.3. The van der Waals surface area contributed by atoms with E-state index in [1.807, 2.05) is 18.2 Å². The van der Waals surface area contributed by atoms with Gasteiger partial charge in [0.05, 0.1) is 35.2 Å². The van der Waals surface area contributed by atoms with Crippen LogP contribution in [0.3, 0.4) is 0 Å². The molecule has 0 atom stereocenters. The predicted octanol–water partition coefficient (Wildman–Crippen LogP) is 4.62.